The lowest BCUT2D eigenvalue weighted by molar-refractivity contribution is 0.541. The third-order valence-electron chi connectivity index (χ3n) is 3.17. The van der Waals surface area contributed by atoms with E-state index in [2.05, 4.69) is 12.2 Å². The van der Waals surface area contributed by atoms with Gasteiger partial charge >= 0.3 is 0 Å². The summed E-state index contributed by atoms with van der Waals surface area (Å²) >= 11 is 0. The molecule has 1 aliphatic carbocycles. The molecule has 0 saturated heterocycles. The van der Waals surface area contributed by atoms with Gasteiger partial charge in [-0.1, -0.05) is 31.5 Å². The molecule has 1 aliphatic rings. The first kappa shape index (κ1) is 11.8. The minimum absolute atomic E-state index is 0.294. The molecule has 1 aromatic carbocycles. The Morgan fingerprint density at radius 3 is 2.75 bits per heavy atom. The molecule has 3 heteroatoms. The van der Waals surface area contributed by atoms with E-state index in [1.54, 1.807) is 0 Å². The highest BCUT2D eigenvalue weighted by molar-refractivity contribution is 7.85. The normalized spacial score (nSPS) is 26.8. The van der Waals surface area contributed by atoms with Crippen LogP contribution in [-0.4, -0.2) is 22.0 Å². The molecule has 1 aromatic rings. The predicted octanol–water partition coefficient (Wildman–Crippen LogP) is 2.32. The first-order valence-electron chi connectivity index (χ1n) is 6.02. The summed E-state index contributed by atoms with van der Waals surface area (Å²) in [6.07, 6.45) is 3.44. The van der Waals surface area contributed by atoms with Crippen LogP contribution in [0.25, 0.3) is 0 Å². The van der Waals surface area contributed by atoms with Crippen LogP contribution in [0.5, 0.6) is 0 Å². The smallest absolute Gasteiger partial charge is 0.0576 e. The number of hydrogen-bond acceptors (Lipinski definition) is 2. The summed E-state index contributed by atoms with van der Waals surface area (Å²) < 4.78 is 12.4. The SMILES string of the molecule is CCNC1CCCC1S(=O)c1ccccc1. The molecule has 2 nitrogen and oxygen atoms in total. The van der Waals surface area contributed by atoms with Gasteiger partial charge in [0.25, 0.3) is 0 Å². The Balaban J connectivity index is 2.09. The quantitative estimate of drug-likeness (QED) is 0.871. The van der Waals surface area contributed by atoms with Crippen molar-refractivity contribution in [2.75, 3.05) is 6.54 Å². The fraction of sp³-hybridized carbons (Fsp3) is 0.538. The van der Waals surface area contributed by atoms with Crippen LogP contribution < -0.4 is 5.32 Å². The van der Waals surface area contributed by atoms with E-state index < -0.39 is 10.8 Å². The molecule has 0 spiro atoms. The molecule has 0 heterocycles. The van der Waals surface area contributed by atoms with Crippen LogP contribution in [-0.2, 0) is 10.8 Å². The maximum atomic E-state index is 12.4. The second-order valence-corrected chi connectivity index (χ2v) is 5.92. The van der Waals surface area contributed by atoms with Crippen LogP contribution in [0.1, 0.15) is 26.2 Å². The molecule has 88 valence electrons. The van der Waals surface area contributed by atoms with E-state index in [1.807, 2.05) is 30.3 Å². The fourth-order valence-electron chi connectivity index (χ4n) is 2.41. The first-order chi connectivity index (χ1) is 7.83. The molecule has 0 amide bonds. The number of nitrogens with one attached hydrogen (secondary N) is 1. The highest BCUT2D eigenvalue weighted by Gasteiger charge is 2.31. The van der Waals surface area contributed by atoms with E-state index in [0.29, 0.717) is 11.3 Å². The highest BCUT2D eigenvalue weighted by Crippen LogP contribution is 2.27. The minimum atomic E-state index is -0.853. The standard InChI is InChI=1S/C13H19NOS/c1-2-14-12-9-6-10-13(12)16(15)11-7-4-3-5-8-11/h3-5,7-8,12-14H,2,6,9-10H2,1H3. The van der Waals surface area contributed by atoms with Crippen LogP contribution >= 0.6 is 0 Å². The Hall–Kier alpha value is -0.670. The molecule has 1 N–H and O–H groups in total. The largest absolute Gasteiger partial charge is 0.313 e. The molecule has 0 aliphatic heterocycles. The lowest BCUT2D eigenvalue weighted by Crippen LogP contribution is -2.37. The van der Waals surface area contributed by atoms with Crippen molar-refractivity contribution in [1.82, 2.24) is 5.32 Å². The van der Waals surface area contributed by atoms with Crippen LogP contribution in [0.15, 0.2) is 35.2 Å². The van der Waals surface area contributed by atoms with E-state index in [9.17, 15) is 4.21 Å². The summed E-state index contributed by atoms with van der Waals surface area (Å²) in [7, 11) is -0.853. The Kier molecular flexibility index (Phi) is 4.13. The van der Waals surface area contributed by atoms with Crippen molar-refractivity contribution in [3.8, 4) is 0 Å². The third kappa shape index (κ3) is 2.53. The van der Waals surface area contributed by atoms with Gasteiger partial charge in [0.2, 0.25) is 0 Å². The van der Waals surface area contributed by atoms with Crippen LogP contribution in [0.2, 0.25) is 0 Å². The highest BCUT2D eigenvalue weighted by atomic mass is 32.2. The van der Waals surface area contributed by atoms with Crippen LogP contribution in [0, 0.1) is 0 Å². The van der Waals surface area contributed by atoms with E-state index in [0.717, 1.165) is 24.3 Å². The van der Waals surface area contributed by atoms with Gasteiger partial charge in [0.05, 0.1) is 16.0 Å². The Morgan fingerprint density at radius 2 is 2.06 bits per heavy atom. The maximum absolute atomic E-state index is 12.4. The zero-order valence-corrected chi connectivity index (χ0v) is 10.5. The van der Waals surface area contributed by atoms with Crippen molar-refractivity contribution in [3.05, 3.63) is 30.3 Å². The van der Waals surface area contributed by atoms with Crippen molar-refractivity contribution in [1.29, 1.82) is 0 Å². The van der Waals surface area contributed by atoms with Crippen molar-refractivity contribution < 1.29 is 4.21 Å². The lowest BCUT2D eigenvalue weighted by Gasteiger charge is -2.19. The molecular formula is C13H19NOS. The topological polar surface area (TPSA) is 29.1 Å². The van der Waals surface area contributed by atoms with Gasteiger partial charge in [-0.2, -0.15) is 0 Å². The van der Waals surface area contributed by atoms with Crippen molar-refractivity contribution in [3.63, 3.8) is 0 Å². The van der Waals surface area contributed by atoms with Gasteiger partial charge in [-0.25, -0.2) is 0 Å². The number of hydrogen-bond donors (Lipinski definition) is 1. The van der Waals surface area contributed by atoms with Crippen molar-refractivity contribution in [2.45, 2.75) is 42.4 Å². The average Bonchev–Trinajstić information content (AvgIpc) is 2.78. The Morgan fingerprint density at radius 1 is 1.31 bits per heavy atom. The minimum Gasteiger partial charge on any atom is -0.313 e. The summed E-state index contributed by atoms with van der Waals surface area (Å²) in [5.41, 5.74) is 0. The molecule has 0 aromatic heterocycles. The predicted molar refractivity (Wildman–Crippen MR) is 68.0 cm³/mol. The average molecular weight is 237 g/mol. The van der Waals surface area contributed by atoms with Crippen LogP contribution in [0.4, 0.5) is 0 Å². The van der Waals surface area contributed by atoms with Gasteiger partial charge in [-0.3, -0.25) is 4.21 Å². The van der Waals surface area contributed by atoms with E-state index in [1.165, 1.54) is 6.42 Å². The molecule has 0 radical (unpaired) electrons. The first-order valence-corrected chi connectivity index (χ1v) is 7.23. The second kappa shape index (κ2) is 5.60. The monoisotopic (exact) mass is 237 g/mol. The van der Waals surface area contributed by atoms with Crippen LogP contribution in [0.3, 0.4) is 0 Å². The number of benzene rings is 1. The Labute approximate surface area is 99.9 Å². The summed E-state index contributed by atoms with van der Waals surface area (Å²) in [5.74, 6) is 0. The molecule has 16 heavy (non-hydrogen) atoms. The molecule has 1 saturated carbocycles. The van der Waals surface area contributed by atoms with Gasteiger partial charge in [-0.05, 0) is 31.5 Å². The van der Waals surface area contributed by atoms with E-state index in [4.69, 9.17) is 0 Å². The zero-order valence-electron chi connectivity index (χ0n) is 9.69. The summed E-state index contributed by atoms with van der Waals surface area (Å²) in [6, 6.07) is 10.3. The fourth-order valence-corrected chi connectivity index (χ4v) is 4.09. The third-order valence-corrected chi connectivity index (χ3v) is 5.02. The Bertz CT molecular complexity index is 352. The molecule has 2 rings (SSSR count). The van der Waals surface area contributed by atoms with E-state index >= 15 is 0 Å². The zero-order chi connectivity index (χ0) is 11.4. The summed E-state index contributed by atoms with van der Waals surface area (Å²) in [5, 5.41) is 3.75. The second-order valence-electron chi connectivity index (χ2n) is 4.24. The number of rotatable bonds is 4. The molecular weight excluding hydrogens is 218 g/mol. The van der Waals surface area contributed by atoms with Gasteiger partial charge in [0.15, 0.2) is 0 Å². The lowest BCUT2D eigenvalue weighted by atomic mass is 10.2. The van der Waals surface area contributed by atoms with Gasteiger partial charge < -0.3 is 5.32 Å². The van der Waals surface area contributed by atoms with Crippen molar-refractivity contribution in [2.24, 2.45) is 0 Å². The molecule has 3 unspecified atom stereocenters. The molecule has 0 bridgehead atoms. The summed E-state index contributed by atoms with van der Waals surface area (Å²) in [6.45, 7) is 3.08. The van der Waals surface area contributed by atoms with Crippen molar-refractivity contribution >= 4 is 10.8 Å². The van der Waals surface area contributed by atoms with Gasteiger partial charge in [0, 0.05) is 10.9 Å². The van der Waals surface area contributed by atoms with E-state index in [-0.39, 0.29) is 0 Å². The van der Waals surface area contributed by atoms with Gasteiger partial charge in [-0.15, -0.1) is 0 Å². The maximum Gasteiger partial charge on any atom is 0.0576 e. The molecule has 3 atom stereocenters. The summed E-state index contributed by atoms with van der Waals surface area (Å²) in [4.78, 5) is 0.970. The van der Waals surface area contributed by atoms with Gasteiger partial charge in [0.1, 0.15) is 0 Å². The molecule has 1 fully saturated rings.